The van der Waals surface area contributed by atoms with Gasteiger partial charge in [-0.05, 0) is 72.6 Å². The number of carbonyl (C=O) groups is 1. The van der Waals surface area contributed by atoms with Gasteiger partial charge in [-0.2, -0.15) is 0 Å². The van der Waals surface area contributed by atoms with Gasteiger partial charge in [0.15, 0.2) is 0 Å². The predicted molar refractivity (Wildman–Crippen MR) is 147 cm³/mol. The van der Waals surface area contributed by atoms with Gasteiger partial charge in [0.25, 0.3) is 5.91 Å². The van der Waals surface area contributed by atoms with Crippen LogP contribution in [0.4, 0.5) is 5.69 Å². The number of aliphatic imine (C=N–C) groups is 1. The summed E-state index contributed by atoms with van der Waals surface area (Å²) < 4.78 is 0. The topological polar surface area (TPSA) is 73.1 Å². The van der Waals surface area contributed by atoms with Crippen molar-refractivity contribution in [1.29, 1.82) is 0 Å². The van der Waals surface area contributed by atoms with Crippen LogP contribution in [0.25, 0.3) is 10.8 Å². The molecule has 184 valence electrons. The molecule has 0 bridgehead atoms. The molecule has 0 saturated carbocycles. The maximum atomic E-state index is 13.4. The molecule has 5 rings (SSSR count). The van der Waals surface area contributed by atoms with Crippen LogP contribution in [0.2, 0.25) is 5.02 Å². The molecule has 0 aliphatic carbocycles. The van der Waals surface area contributed by atoms with Crippen LogP contribution in [0.15, 0.2) is 89.9 Å². The van der Waals surface area contributed by atoms with Crippen molar-refractivity contribution in [3.8, 4) is 5.75 Å². The lowest BCUT2D eigenvalue weighted by Gasteiger charge is -2.20. The molecular weight excluding hydrogens is 472 g/mol. The number of aromatic hydroxyl groups is 1. The van der Waals surface area contributed by atoms with Gasteiger partial charge in [0.2, 0.25) is 0 Å². The van der Waals surface area contributed by atoms with Crippen LogP contribution in [-0.2, 0) is 11.2 Å². The van der Waals surface area contributed by atoms with E-state index in [1.165, 1.54) is 0 Å². The number of phenolic OH excluding ortho intramolecular Hbond substituents is 1. The molecule has 4 aromatic carbocycles. The minimum Gasteiger partial charge on any atom is -0.508 e. The number of carbonyl (C=O) groups excluding carboxylic acids is 1. The smallest absolute Gasteiger partial charge is 0.251 e. The van der Waals surface area contributed by atoms with E-state index < -0.39 is 6.04 Å². The molecule has 0 aromatic heterocycles. The summed E-state index contributed by atoms with van der Waals surface area (Å²) in [7, 11) is 1.78. The van der Waals surface area contributed by atoms with Crippen molar-refractivity contribution in [2.75, 3.05) is 11.9 Å². The fraction of sp³-hybridized carbons (Fsp3) is 0.200. The number of likely N-dealkylation sites (N-methyl/N-ethyl adjacent to an activating group) is 1. The Labute approximate surface area is 216 Å². The van der Waals surface area contributed by atoms with Crippen molar-refractivity contribution in [3.63, 3.8) is 0 Å². The number of anilines is 1. The first-order valence-corrected chi connectivity index (χ1v) is 12.2. The summed E-state index contributed by atoms with van der Waals surface area (Å²) in [5.41, 5.74) is 4.10. The Kier molecular flexibility index (Phi) is 7.73. The van der Waals surface area contributed by atoms with Crippen LogP contribution in [0.5, 0.6) is 5.75 Å². The first kappa shape index (κ1) is 25.4. The largest absolute Gasteiger partial charge is 0.508 e. The number of benzodiazepines with no additional fused rings is 1. The Morgan fingerprint density at radius 1 is 0.944 bits per heavy atom. The summed E-state index contributed by atoms with van der Waals surface area (Å²) in [5.74, 6) is 0.103. The van der Waals surface area contributed by atoms with Gasteiger partial charge in [0.1, 0.15) is 11.8 Å². The minimum atomic E-state index is -0.587. The molecule has 1 atom stereocenters. The fourth-order valence-electron chi connectivity index (χ4n) is 4.18. The molecule has 1 aliphatic rings. The SMILES string of the molecule is CC(C)O.CN1C(=O)C(Cc2ccc3ccccc3c2)N=C(c2ccc(O)cc2)c2cc(Cl)ccc21. The van der Waals surface area contributed by atoms with Gasteiger partial charge in [-0.25, -0.2) is 0 Å². The van der Waals surface area contributed by atoms with Crippen molar-refractivity contribution in [1.82, 2.24) is 0 Å². The van der Waals surface area contributed by atoms with E-state index in [9.17, 15) is 9.90 Å². The first-order valence-electron chi connectivity index (χ1n) is 11.8. The third-order valence-corrected chi connectivity index (χ3v) is 6.09. The maximum Gasteiger partial charge on any atom is 0.251 e. The highest BCUT2D eigenvalue weighted by atomic mass is 35.5. The molecule has 1 unspecified atom stereocenters. The standard InChI is InChI=1S/C27H21ClN2O2.C3H8O/c1-30-25-13-10-21(28)16-23(25)26(19-8-11-22(31)12-9-19)29-24(27(30)32)15-17-6-7-18-4-2-3-5-20(18)14-17;1-3(2)4/h2-14,16,24,31H,15H2,1H3;3-4H,1-2H3. The summed E-state index contributed by atoms with van der Waals surface area (Å²) in [6, 6.07) is 26.2. The Hall–Kier alpha value is -3.67. The number of benzene rings is 4. The van der Waals surface area contributed by atoms with E-state index in [-0.39, 0.29) is 17.8 Å². The highest BCUT2D eigenvalue weighted by molar-refractivity contribution is 6.32. The summed E-state index contributed by atoms with van der Waals surface area (Å²) in [6.07, 6.45) is 0.317. The normalized spacial score (nSPS) is 15.2. The average molecular weight is 501 g/mol. The number of halogens is 1. The van der Waals surface area contributed by atoms with Gasteiger partial charge in [0.05, 0.1) is 11.4 Å². The number of amides is 1. The van der Waals surface area contributed by atoms with E-state index in [0.717, 1.165) is 33.2 Å². The Bertz CT molecular complexity index is 1410. The van der Waals surface area contributed by atoms with Gasteiger partial charge in [-0.15, -0.1) is 0 Å². The van der Waals surface area contributed by atoms with E-state index in [1.807, 2.05) is 36.4 Å². The number of hydrogen-bond donors (Lipinski definition) is 2. The highest BCUT2D eigenvalue weighted by Crippen LogP contribution is 2.31. The van der Waals surface area contributed by atoms with Crippen LogP contribution in [-0.4, -0.2) is 41.0 Å². The fourth-order valence-corrected chi connectivity index (χ4v) is 4.36. The van der Waals surface area contributed by atoms with E-state index >= 15 is 0 Å². The lowest BCUT2D eigenvalue weighted by molar-refractivity contribution is -0.119. The molecule has 2 N–H and O–H groups in total. The molecule has 1 heterocycles. The van der Waals surface area contributed by atoms with Crippen molar-refractivity contribution in [2.24, 2.45) is 4.99 Å². The molecule has 1 aliphatic heterocycles. The highest BCUT2D eigenvalue weighted by Gasteiger charge is 2.30. The van der Waals surface area contributed by atoms with Crippen molar-refractivity contribution >= 4 is 39.7 Å². The molecule has 0 fully saturated rings. The Balaban J connectivity index is 0.000000709. The quantitative estimate of drug-likeness (QED) is 0.361. The second-order valence-corrected chi connectivity index (χ2v) is 9.51. The predicted octanol–water partition coefficient (Wildman–Crippen LogP) is 6.01. The van der Waals surface area contributed by atoms with Gasteiger partial charge in [-0.1, -0.05) is 54.1 Å². The zero-order valence-electron chi connectivity index (χ0n) is 20.5. The molecule has 5 nitrogen and oxygen atoms in total. The van der Waals surface area contributed by atoms with Gasteiger partial charge >= 0.3 is 0 Å². The van der Waals surface area contributed by atoms with Gasteiger partial charge in [-0.3, -0.25) is 9.79 Å². The second kappa shape index (κ2) is 10.9. The second-order valence-electron chi connectivity index (χ2n) is 9.08. The van der Waals surface area contributed by atoms with Gasteiger partial charge in [0, 0.05) is 35.7 Å². The lowest BCUT2D eigenvalue weighted by atomic mass is 9.99. The first-order chi connectivity index (χ1) is 17.2. The molecule has 6 heteroatoms. The minimum absolute atomic E-state index is 0.0736. The zero-order chi connectivity index (χ0) is 25.8. The molecule has 0 spiro atoms. The summed E-state index contributed by atoms with van der Waals surface area (Å²) in [4.78, 5) is 20.0. The van der Waals surface area contributed by atoms with Crippen LogP contribution >= 0.6 is 11.6 Å². The summed E-state index contributed by atoms with van der Waals surface area (Å²) in [6.45, 7) is 3.44. The number of hydrogen-bond acceptors (Lipinski definition) is 4. The number of aliphatic hydroxyl groups is 1. The van der Waals surface area contributed by atoms with Crippen molar-refractivity contribution in [3.05, 3.63) is 107 Å². The van der Waals surface area contributed by atoms with E-state index in [1.54, 1.807) is 44.0 Å². The van der Waals surface area contributed by atoms with E-state index in [0.29, 0.717) is 17.2 Å². The van der Waals surface area contributed by atoms with Crippen molar-refractivity contribution < 1.29 is 15.0 Å². The lowest BCUT2D eigenvalue weighted by Crippen LogP contribution is -2.36. The number of fused-ring (bicyclic) bond motifs is 2. The Morgan fingerprint density at radius 3 is 2.31 bits per heavy atom. The van der Waals surface area contributed by atoms with E-state index in [2.05, 4.69) is 30.3 Å². The Morgan fingerprint density at radius 2 is 1.61 bits per heavy atom. The number of aliphatic hydroxyl groups excluding tert-OH is 1. The molecule has 0 saturated heterocycles. The maximum absolute atomic E-state index is 13.4. The monoisotopic (exact) mass is 500 g/mol. The molecular formula is C30H29ClN2O3. The summed E-state index contributed by atoms with van der Waals surface area (Å²) in [5, 5.41) is 20.7. The molecule has 4 aromatic rings. The molecule has 1 amide bonds. The molecule has 0 radical (unpaired) electrons. The van der Waals surface area contributed by atoms with E-state index in [4.69, 9.17) is 21.7 Å². The van der Waals surface area contributed by atoms with Crippen LogP contribution in [0.1, 0.15) is 30.5 Å². The number of phenols is 1. The zero-order valence-corrected chi connectivity index (χ0v) is 21.3. The van der Waals surface area contributed by atoms with Crippen LogP contribution < -0.4 is 4.90 Å². The van der Waals surface area contributed by atoms with Gasteiger partial charge < -0.3 is 15.1 Å². The van der Waals surface area contributed by atoms with Crippen molar-refractivity contribution in [2.45, 2.75) is 32.4 Å². The van der Waals surface area contributed by atoms with Crippen LogP contribution in [0, 0.1) is 0 Å². The average Bonchev–Trinajstić information content (AvgIpc) is 2.94. The third-order valence-electron chi connectivity index (χ3n) is 5.86. The van der Waals surface area contributed by atoms with Crippen LogP contribution in [0.3, 0.4) is 0 Å². The molecule has 36 heavy (non-hydrogen) atoms. The summed E-state index contributed by atoms with van der Waals surface area (Å²) >= 11 is 6.32. The number of rotatable bonds is 3. The number of nitrogens with zero attached hydrogens (tertiary/aromatic N) is 2. The third kappa shape index (κ3) is 5.76.